The van der Waals surface area contributed by atoms with E-state index in [-0.39, 0.29) is 26.1 Å². The fourth-order valence-corrected chi connectivity index (χ4v) is 6.81. The minimum Gasteiger partial charge on any atom is -0.756 e. The van der Waals surface area contributed by atoms with Crippen LogP contribution in [0.25, 0.3) is 0 Å². The van der Waals surface area contributed by atoms with E-state index in [1.165, 1.54) is 32.1 Å². The average Bonchev–Trinajstić information content (AvgIpc) is 3.24. The summed E-state index contributed by atoms with van der Waals surface area (Å²) in [6, 6.07) is 0. The number of hydrogen-bond acceptors (Lipinski definition) is 8. The number of ether oxygens (including phenoxy) is 2. The summed E-state index contributed by atoms with van der Waals surface area (Å²) in [5.41, 5.74) is 0. The molecular weight excluding hydrogens is 810 g/mol. The first kappa shape index (κ1) is 59.9. The molecule has 0 N–H and O–H groups in total. The Morgan fingerprint density at radius 1 is 0.508 bits per heavy atom. The third kappa shape index (κ3) is 48.2. The van der Waals surface area contributed by atoms with E-state index in [1.54, 1.807) is 0 Å². The SMILES string of the molecule is CC/C=C\C/C=C\C/C=C\C/C=C\C/C=C\C/C=C\C/C=C\C/C=C\CCCCCCCCC(=O)OC(COC(=O)CCCCCCCCCC)COP(=O)([O-])OCC[N+](C)(C)C. The molecular formula is C53H90NO8P. The van der Waals surface area contributed by atoms with Crippen molar-refractivity contribution in [1.82, 2.24) is 0 Å². The molecule has 63 heavy (non-hydrogen) atoms. The Morgan fingerprint density at radius 2 is 0.905 bits per heavy atom. The van der Waals surface area contributed by atoms with Crippen LogP contribution in [0.5, 0.6) is 0 Å². The Bertz CT molecular complexity index is 1390. The standard InChI is InChI=1S/C53H90NO8P/c1-6-8-10-12-14-16-17-18-19-20-21-22-23-24-25-26-27-28-29-30-31-32-33-34-35-36-37-38-40-42-44-46-53(56)62-51(50-61-63(57,58)60-48-47-54(3,4)5)49-59-52(55)45-43-41-39-15-13-11-9-7-2/h8,10,14,16,18-19,21-22,24-25,27-28,30-31,33-34,51H,6-7,9,11-13,15,17,20,23,26,29,32,35-50H2,1-5H3/b10-8-,16-14-,19-18-,22-21-,25-24-,28-27-,31-30-,34-33-. The van der Waals surface area contributed by atoms with Gasteiger partial charge >= 0.3 is 11.9 Å². The Hall–Kier alpha value is -3.07. The number of phosphoric acid groups is 1. The molecule has 9 nitrogen and oxygen atoms in total. The van der Waals surface area contributed by atoms with E-state index in [0.717, 1.165) is 109 Å². The third-order valence-corrected chi connectivity index (χ3v) is 10.8. The van der Waals surface area contributed by atoms with Gasteiger partial charge in [0.2, 0.25) is 0 Å². The highest BCUT2D eigenvalue weighted by molar-refractivity contribution is 7.45. The molecule has 0 heterocycles. The van der Waals surface area contributed by atoms with Crippen molar-refractivity contribution in [2.75, 3.05) is 47.5 Å². The van der Waals surface area contributed by atoms with Crippen molar-refractivity contribution in [3.05, 3.63) is 97.2 Å². The van der Waals surface area contributed by atoms with Gasteiger partial charge in [-0.1, -0.05) is 182 Å². The van der Waals surface area contributed by atoms with Gasteiger partial charge in [0.05, 0.1) is 27.7 Å². The van der Waals surface area contributed by atoms with Crippen molar-refractivity contribution in [2.45, 2.75) is 180 Å². The van der Waals surface area contributed by atoms with Crippen LogP contribution in [0.1, 0.15) is 174 Å². The summed E-state index contributed by atoms with van der Waals surface area (Å²) in [5.74, 6) is -0.863. The lowest BCUT2D eigenvalue weighted by Crippen LogP contribution is -2.37. The number of hydrogen-bond donors (Lipinski definition) is 0. The maximum Gasteiger partial charge on any atom is 0.306 e. The first-order valence-electron chi connectivity index (χ1n) is 24.4. The van der Waals surface area contributed by atoms with Crippen molar-refractivity contribution in [3.63, 3.8) is 0 Å². The molecule has 0 aromatic carbocycles. The van der Waals surface area contributed by atoms with Crippen molar-refractivity contribution in [3.8, 4) is 0 Å². The second kappa shape index (κ2) is 44.1. The van der Waals surface area contributed by atoms with Crippen LogP contribution in [-0.4, -0.2) is 70.0 Å². The Labute approximate surface area is 385 Å². The van der Waals surface area contributed by atoms with Gasteiger partial charge in [-0.05, 0) is 77.0 Å². The predicted molar refractivity (Wildman–Crippen MR) is 263 cm³/mol. The van der Waals surface area contributed by atoms with Gasteiger partial charge in [0.1, 0.15) is 19.8 Å². The summed E-state index contributed by atoms with van der Waals surface area (Å²) in [6.07, 6.45) is 58.9. The molecule has 0 saturated carbocycles. The molecule has 2 atom stereocenters. The molecule has 0 aromatic heterocycles. The lowest BCUT2D eigenvalue weighted by molar-refractivity contribution is -0.870. The number of unbranched alkanes of at least 4 members (excludes halogenated alkanes) is 13. The minimum absolute atomic E-state index is 0.0382. The maximum atomic E-state index is 12.7. The number of allylic oxidation sites excluding steroid dienone is 16. The van der Waals surface area contributed by atoms with Crippen LogP contribution in [0.15, 0.2) is 97.2 Å². The number of phosphoric ester groups is 1. The summed E-state index contributed by atoms with van der Waals surface area (Å²) in [6.45, 7) is 4.04. The summed E-state index contributed by atoms with van der Waals surface area (Å²) in [4.78, 5) is 37.4. The number of nitrogens with zero attached hydrogens (tertiary/aromatic N) is 1. The van der Waals surface area contributed by atoms with E-state index < -0.39 is 32.5 Å². The van der Waals surface area contributed by atoms with Crippen molar-refractivity contribution in [2.24, 2.45) is 0 Å². The van der Waals surface area contributed by atoms with Crippen molar-refractivity contribution in [1.29, 1.82) is 0 Å². The summed E-state index contributed by atoms with van der Waals surface area (Å²) >= 11 is 0. The first-order valence-corrected chi connectivity index (χ1v) is 25.9. The van der Waals surface area contributed by atoms with Crippen LogP contribution < -0.4 is 4.89 Å². The molecule has 0 fully saturated rings. The monoisotopic (exact) mass is 900 g/mol. The molecule has 0 radical (unpaired) electrons. The van der Waals surface area contributed by atoms with Crippen LogP contribution >= 0.6 is 7.82 Å². The molecule has 0 aliphatic heterocycles. The van der Waals surface area contributed by atoms with E-state index in [1.807, 2.05) is 21.1 Å². The quantitative estimate of drug-likeness (QED) is 0.0196. The van der Waals surface area contributed by atoms with E-state index >= 15 is 0 Å². The number of quaternary nitrogens is 1. The zero-order chi connectivity index (χ0) is 46.4. The lowest BCUT2D eigenvalue weighted by atomic mass is 10.1. The molecule has 10 heteroatoms. The predicted octanol–water partition coefficient (Wildman–Crippen LogP) is 13.9. The van der Waals surface area contributed by atoms with E-state index in [2.05, 4.69) is 111 Å². The molecule has 0 aromatic rings. The Morgan fingerprint density at radius 3 is 1.35 bits per heavy atom. The highest BCUT2D eigenvalue weighted by Gasteiger charge is 2.21. The first-order chi connectivity index (χ1) is 30.5. The van der Waals surface area contributed by atoms with Gasteiger partial charge < -0.3 is 27.9 Å². The molecule has 0 amide bonds. The summed E-state index contributed by atoms with van der Waals surface area (Å²) < 4.78 is 33.8. The molecule has 2 unspecified atom stereocenters. The number of likely N-dealkylation sites (N-methyl/N-ethyl adjacent to an activating group) is 1. The number of esters is 2. The van der Waals surface area contributed by atoms with Crippen LogP contribution in [0.2, 0.25) is 0 Å². The van der Waals surface area contributed by atoms with E-state index in [0.29, 0.717) is 17.4 Å². The minimum atomic E-state index is -4.63. The van der Waals surface area contributed by atoms with Gasteiger partial charge in [-0.2, -0.15) is 0 Å². The second-order valence-corrected chi connectivity index (χ2v) is 18.5. The van der Waals surface area contributed by atoms with Crippen LogP contribution in [-0.2, 0) is 32.7 Å². The number of rotatable bonds is 43. The molecule has 360 valence electrons. The number of carbonyl (C=O) groups excluding carboxylic acids is 2. The molecule has 0 aliphatic rings. The van der Waals surface area contributed by atoms with Crippen molar-refractivity contribution < 1.29 is 42.1 Å². The fourth-order valence-electron chi connectivity index (χ4n) is 6.08. The fraction of sp³-hybridized carbons (Fsp3) is 0.660. The average molecular weight is 900 g/mol. The maximum absolute atomic E-state index is 12.7. The highest BCUT2D eigenvalue weighted by atomic mass is 31.2. The van der Waals surface area contributed by atoms with Gasteiger partial charge in [0.15, 0.2) is 6.10 Å². The summed E-state index contributed by atoms with van der Waals surface area (Å²) in [7, 11) is 1.14. The van der Waals surface area contributed by atoms with Crippen molar-refractivity contribution >= 4 is 19.8 Å². The zero-order valence-electron chi connectivity index (χ0n) is 40.5. The zero-order valence-corrected chi connectivity index (χ0v) is 41.4. The van der Waals surface area contributed by atoms with Crippen LogP contribution in [0.3, 0.4) is 0 Å². The molecule has 0 aliphatic carbocycles. The molecule has 0 spiro atoms. The largest absolute Gasteiger partial charge is 0.756 e. The second-order valence-electron chi connectivity index (χ2n) is 17.1. The van der Waals surface area contributed by atoms with E-state index in [9.17, 15) is 19.0 Å². The number of carbonyl (C=O) groups is 2. The Kier molecular flexibility index (Phi) is 42.0. The van der Waals surface area contributed by atoms with Gasteiger partial charge in [-0.3, -0.25) is 14.2 Å². The van der Waals surface area contributed by atoms with Gasteiger partial charge in [-0.15, -0.1) is 0 Å². The Balaban J connectivity index is 4.19. The van der Waals surface area contributed by atoms with Gasteiger partial charge in [-0.25, -0.2) is 0 Å². The van der Waals surface area contributed by atoms with Gasteiger partial charge in [0.25, 0.3) is 7.82 Å². The van der Waals surface area contributed by atoms with Crippen LogP contribution in [0, 0.1) is 0 Å². The normalized spacial score (nSPS) is 14.3. The topological polar surface area (TPSA) is 111 Å². The third-order valence-electron chi connectivity index (χ3n) is 9.87. The van der Waals surface area contributed by atoms with E-state index in [4.69, 9.17) is 18.5 Å². The molecule has 0 saturated heterocycles. The highest BCUT2D eigenvalue weighted by Crippen LogP contribution is 2.38. The van der Waals surface area contributed by atoms with Gasteiger partial charge in [0, 0.05) is 12.8 Å². The summed E-state index contributed by atoms with van der Waals surface area (Å²) in [5, 5.41) is 0. The lowest BCUT2D eigenvalue weighted by Gasteiger charge is -2.28. The molecule has 0 bridgehead atoms. The van der Waals surface area contributed by atoms with Crippen LogP contribution in [0.4, 0.5) is 0 Å². The molecule has 0 rings (SSSR count). The smallest absolute Gasteiger partial charge is 0.306 e.